The van der Waals surface area contributed by atoms with Crippen LogP contribution in [0.15, 0.2) is 18.3 Å². The fraction of sp³-hybridized carbons (Fsp3) is 0.571. The third-order valence-corrected chi connectivity index (χ3v) is 4.35. The van der Waals surface area contributed by atoms with Gasteiger partial charge in [-0.1, -0.05) is 0 Å². The molecule has 8 heteroatoms. The van der Waals surface area contributed by atoms with E-state index in [1.807, 2.05) is 0 Å². The number of hydrogen-bond acceptors (Lipinski definition) is 3. The predicted octanol–water partition coefficient (Wildman–Crippen LogP) is 2.23. The first kappa shape index (κ1) is 14.9. The summed E-state index contributed by atoms with van der Waals surface area (Å²) < 4.78 is 41.4. The van der Waals surface area contributed by atoms with E-state index in [2.05, 4.69) is 20.4 Å². The van der Waals surface area contributed by atoms with Crippen molar-refractivity contribution in [3.05, 3.63) is 23.9 Å². The van der Waals surface area contributed by atoms with E-state index in [0.29, 0.717) is 18.5 Å². The van der Waals surface area contributed by atoms with Crippen LogP contribution in [0.25, 0.3) is 0 Å². The molecule has 0 aliphatic heterocycles. The lowest BCUT2D eigenvalue weighted by Gasteiger charge is -2.29. The predicted molar refractivity (Wildman–Crippen MR) is 71.2 cm³/mol. The number of halogens is 3. The maximum atomic E-state index is 13.0. The van der Waals surface area contributed by atoms with Gasteiger partial charge in [-0.2, -0.15) is 8.78 Å². The lowest BCUT2D eigenvalue weighted by molar-refractivity contribution is -0.0529. The molecule has 1 aromatic heterocycles. The van der Waals surface area contributed by atoms with Gasteiger partial charge < -0.3 is 15.4 Å². The average molecular weight is 315 g/mol. The number of carbonyl (C=O) groups excluding carboxylic acids is 1. The van der Waals surface area contributed by atoms with Crippen molar-refractivity contribution < 1.29 is 22.7 Å². The van der Waals surface area contributed by atoms with Crippen molar-refractivity contribution in [1.82, 2.24) is 15.6 Å². The van der Waals surface area contributed by atoms with E-state index >= 15 is 0 Å². The zero-order chi connectivity index (χ0) is 15.7. The van der Waals surface area contributed by atoms with Crippen molar-refractivity contribution in [2.75, 3.05) is 6.54 Å². The molecule has 1 aromatic rings. The number of fused-ring (bicyclic) bond motifs is 1. The highest BCUT2D eigenvalue weighted by atomic mass is 19.3. The van der Waals surface area contributed by atoms with Crippen molar-refractivity contribution in [2.24, 2.45) is 11.3 Å². The Morgan fingerprint density at radius 2 is 2.27 bits per heavy atom. The number of rotatable bonds is 6. The second-order valence-corrected chi connectivity index (χ2v) is 5.81. The highest BCUT2D eigenvalue weighted by molar-refractivity contribution is 5.74. The topological polar surface area (TPSA) is 63.2 Å². The molecule has 3 unspecified atom stereocenters. The van der Waals surface area contributed by atoms with Gasteiger partial charge in [-0.3, -0.25) is 0 Å². The van der Waals surface area contributed by atoms with E-state index in [1.54, 1.807) is 6.07 Å². The van der Waals surface area contributed by atoms with E-state index in [1.165, 1.54) is 12.3 Å². The van der Waals surface area contributed by atoms with E-state index in [-0.39, 0.29) is 29.8 Å². The summed E-state index contributed by atoms with van der Waals surface area (Å²) in [5.41, 5.74) is 0.571. The Bertz CT molecular complexity index is 572. The monoisotopic (exact) mass is 315 g/mol. The molecule has 5 nitrogen and oxygen atoms in total. The zero-order valence-electron chi connectivity index (χ0n) is 11.7. The number of aromatic nitrogens is 1. The number of nitrogens with zero attached hydrogens (tertiary/aromatic N) is 1. The molecule has 120 valence electrons. The van der Waals surface area contributed by atoms with Gasteiger partial charge in [-0.25, -0.2) is 14.2 Å². The Labute approximate surface area is 125 Å². The molecule has 22 heavy (non-hydrogen) atoms. The summed E-state index contributed by atoms with van der Waals surface area (Å²) in [5.74, 6) is -0.0834. The summed E-state index contributed by atoms with van der Waals surface area (Å²) in [6, 6.07) is 2.56. The Morgan fingerprint density at radius 1 is 1.45 bits per heavy atom. The van der Waals surface area contributed by atoms with Crippen LogP contribution in [0.1, 0.15) is 18.4 Å². The first-order valence-electron chi connectivity index (χ1n) is 7.04. The van der Waals surface area contributed by atoms with Gasteiger partial charge in [0.15, 0.2) is 0 Å². The minimum Gasteiger partial charge on any atom is -0.417 e. The number of hydrogen-bond donors (Lipinski definition) is 2. The Balaban J connectivity index is 1.41. The molecule has 3 rings (SSSR count). The number of alkyl halides is 3. The molecule has 0 saturated heterocycles. The quantitative estimate of drug-likeness (QED) is 0.846. The molecule has 0 radical (unpaired) electrons. The first-order chi connectivity index (χ1) is 10.5. The van der Waals surface area contributed by atoms with Gasteiger partial charge in [-0.15, -0.1) is 0 Å². The van der Waals surface area contributed by atoms with E-state index in [9.17, 15) is 18.0 Å². The smallest absolute Gasteiger partial charge is 0.388 e. The van der Waals surface area contributed by atoms with Crippen molar-refractivity contribution in [1.29, 1.82) is 0 Å². The Hall–Kier alpha value is -1.99. The molecule has 2 fully saturated rings. The van der Waals surface area contributed by atoms with Crippen LogP contribution in [0.3, 0.4) is 0 Å². The molecule has 2 aliphatic rings. The molecule has 1 heterocycles. The second-order valence-electron chi connectivity index (χ2n) is 5.81. The van der Waals surface area contributed by atoms with Crippen molar-refractivity contribution in [3.63, 3.8) is 0 Å². The van der Waals surface area contributed by atoms with Gasteiger partial charge in [-0.05, 0) is 35.8 Å². The Morgan fingerprint density at radius 3 is 2.91 bits per heavy atom. The van der Waals surface area contributed by atoms with Gasteiger partial charge in [0.2, 0.25) is 5.88 Å². The fourth-order valence-electron chi connectivity index (χ4n) is 2.99. The van der Waals surface area contributed by atoms with Gasteiger partial charge in [0.1, 0.15) is 6.17 Å². The molecular weight excluding hydrogens is 299 g/mol. The highest BCUT2D eigenvalue weighted by Gasteiger charge is 2.67. The number of pyridine rings is 1. The van der Waals surface area contributed by atoms with Crippen LogP contribution in [-0.2, 0) is 6.54 Å². The van der Waals surface area contributed by atoms with Crippen LogP contribution in [0.2, 0.25) is 0 Å². The van der Waals surface area contributed by atoms with Crippen molar-refractivity contribution >= 4 is 6.03 Å². The van der Waals surface area contributed by atoms with Crippen LogP contribution in [0, 0.1) is 11.3 Å². The lowest BCUT2D eigenvalue weighted by atomic mass is 9.83. The molecule has 2 saturated carbocycles. The standard InChI is InChI=1S/C14H16F3N3O2/c15-10-5-14(4-9(10)14)7-20-13(21)19-6-8-1-2-18-11(3-8)22-12(16)17/h1-3,9-10,12H,4-7H2,(H2,19,20,21). The molecule has 0 aromatic carbocycles. The van der Waals surface area contributed by atoms with Gasteiger partial charge in [0.25, 0.3) is 0 Å². The Kier molecular flexibility index (Phi) is 3.84. The lowest BCUT2D eigenvalue weighted by Crippen LogP contribution is -2.42. The number of ether oxygens (including phenoxy) is 1. The van der Waals surface area contributed by atoms with Crippen LogP contribution < -0.4 is 15.4 Å². The molecule has 2 N–H and O–H groups in total. The highest BCUT2D eigenvalue weighted by Crippen LogP contribution is 2.68. The summed E-state index contributed by atoms with van der Waals surface area (Å²) >= 11 is 0. The fourth-order valence-corrected chi connectivity index (χ4v) is 2.99. The van der Waals surface area contributed by atoms with Crippen molar-refractivity contribution in [2.45, 2.75) is 32.2 Å². The summed E-state index contributed by atoms with van der Waals surface area (Å²) in [6.07, 6.45) is 1.98. The molecule has 3 atom stereocenters. The summed E-state index contributed by atoms with van der Waals surface area (Å²) in [4.78, 5) is 15.3. The minimum atomic E-state index is -2.94. The number of amides is 2. The van der Waals surface area contributed by atoms with E-state index in [4.69, 9.17) is 0 Å². The van der Waals surface area contributed by atoms with Crippen LogP contribution in [-0.4, -0.2) is 30.3 Å². The van der Waals surface area contributed by atoms with Gasteiger partial charge in [0, 0.05) is 25.4 Å². The molecule has 0 bridgehead atoms. The zero-order valence-corrected chi connectivity index (χ0v) is 11.7. The molecule has 2 aliphatic carbocycles. The third-order valence-electron chi connectivity index (χ3n) is 4.35. The maximum absolute atomic E-state index is 13.0. The van der Waals surface area contributed by atoms with Crippen molar-refractivity contribution in [3.8, 4) is 5.88 Å². The van der Waals surface area contributed by atoms with Gasteiger partial charge in [0.05, 0.1) is 0 Å². The summed E-state index contributed by atoms with van der Waals surface area (Å²) in [5, 5.41) is 5.34. The largest absolute Gasteiger partial charge is 0.417 e. The van der Waals surface area contributed by atoms with Crippen LogP contribution >= 0.6 is 0 Å². The molecular formula is C14H16F3N3O2. The summed E-state index contributed by atoms with van der Waals surface area (Å²) in [7, 11) is 0. The van der Waals surface area contributed by atoms with Crippen LogP contribution in [0.4, 0.5) is 18.0 Å². The third kappa shape index (κ3) is 3.10. The molecule has 0 spiro atoms. The van der Waals surface area contributed by atoms with E-state index < -0.39 is 12.8 Å². The maximum Gasteiger partial charge on any atom is 0.388 e. The number of carbonyl (C=O) groups is 1. The average Bonchev–Trinajstić information content (AvgIpc) is 3.08. The first-order valence-corrected chi connectivity index (χ1v) is 7.04. The van der Waals surface area contributed by atoms with Gasteiger partial charge >= 0.3 is 12.6 Å². The second kappa shape index (κ2) is 5.66. The minimum absolute atomic E-state index is 0.0221. The normalized spacial score (nSPS) is 28.5. The van der Waals surface area contributed by atoms with Crippen LogP contribution in [0.5, 0.6) is 5.88 Å². The summed E-state index contributed by atoms with van der Waals surface area (Å²) in [6.45, 7) is -2.30. The SMILES string of the molecule is O=C(NCc1ccnc(OC(F)F)c1)NCC12CC(F)C1C2. The number of urea groups is 1. The molecule has 2 amide bonds. The number of nitrogens with one attached hydrogen (secondary N) is 2. The van der Waals surface area contributed by atoms with E-state index in [0.717, 1.165) is 6.42 Å².